The van der Waals surface area contributed by atoms with Crippen LogP contribution in [0.25, 0.3) is 0 Å². The minimum absolute atomic E-state index is 0.139. The Kier molecular flexibility index (Phi) is 5.46. The van der Waals surface area contributed by atoms with Gasteiger partial charge in [0.15, 0.2) is 0 Å². The summed E-state index contributed by atoms with van der Waals surface area (Å²) in [6, 6.07) is 13.5. The molecule has 5 nitrogen and oxygen atoms in total. The zero-order chi connectivity index (χ0) is 20.4. The fraction of sp³-hybridized carbons (Fsp3) is 0.435. The molecule has 29 heavy (non-hydrogen) atoms. The number of hydrogen-bond donors (Lipinski definition) is 1. The number of rotatable bonds is 5. The smallest absolute Gasteiger partial charge is 0.410 e. The molecule has 2 saturated heterocycles. The second-order valence-electron chi connectivity index (χ2n) is 7.85. The molecule has 6 heteroatoms. The molecule has 0 aromatic heterocycles. The van der Waals surface area contributed by atoms with Gasteiger partial charge in [-0.1, -0.05) is 30.3 Å². The van der Waals surface area contributed by atoms with Gasteiger partial charge < -0.3 is 19.5 Å². The molecule has 154 valence electrons. The predicted octanol–water partition coefficient (Wildman–Crippen LogP) is 4.38. The molecule has 2 aliphatic heterocycles. The molecule has 1 amide bonds. The fourth-order valence-corrected chi connectivity index (χ4v) is 4.68. The summed E-state index contributed by atoms with van der Waals surface area (Å²) in [5.74, 6) is 0.0878. The summed E-state index contributed by atoms with van der Waals surface area (Å²) >= 11 is 0. The first kappa shape index (κ1) is 19.7. The number of fused-ring (bicyclic) bond motifs is 2. The number of ether oxygens (including phenoxy) is 2. The van der Waals surface area contributed by atoms with Crippen molar-refractivity contribution in [3.63, 3.8) is 0 Å². The van der Waals surface area contributed by atoms with Crippen LogP contribution in [0.2, 0.25) is 0 Å². The van der Waals surface area contributed by atoms with Crippen LogP contribution in [0.4, 0.5) is 9.18 Å². The Hall–Kier alpha value is -2.60. The molecule has 2 aromatic rings. The van der Waals surface area contributed by atoms with Crippen LogP contribution >= 0.6 is 0 Å². The Morgan fingerprint density at radius 1 is 1.17 bits per heavy atom. The van der Waals surface area contributed by atoms with Crippen LogP contribution in [0.3, 0.4) is 0 Å². The van der Waals surface area contributed by atoms with Crippen molar-refractivity contribution in [1.82, 2.24) is 4.90 Å². The first-order valence-corrected chi connectivity index (χ1v) is 10.1. The van der Waals surface area contributed by atoms with Gasteiger partial charge in [-0.3, -0.25) is 0 Å². The van der Waals surface area contributed by atoms with E-state index in [0.29, 0.717) is 30.8 Å². The summed E-state index contributed by atoms with van der Waals surface area (Å²) in [7, 11) is 0. The first-order chi connectivity index (χ1) is 14.0. The third-order valence-electron chi connectivity index (χ3n) is 5.93. The van der Waals surface area contributed by atoms with Crippen molar-refractivity contribution in [2.45, 2.75) is 56.9 Å². The average molecular weight is 399 g/mol. The number of halogens is 1. The van der Waals surface area contributed by atoms with Crippen molar-refractivity contribution in [2.24, 2.45) is 0 Å². The standard InChI is InChI=1S/C23H26FNO4/c1-2-28-21-11-8-17(24)12-20(21)23(27)13-18-9-10-19(14-23)25(18)22(26)29-15-16-6-4-3-5-7-16/h3-8,11-12,18-19,27H,2,9-10,13-15H2,1H3. The van der Waals surface area contributed by atoms with E-state index in [1.807, 2.05) is 37.3 Å². The zero-order valence-electron chi connectivity index (χ0n) is 16.5. The number of benzene rings is 2. The van der Waals surface area contributed by atoms with E-state index in [4.69, 9.17) is 9.47 Å². The molecule has 0 spiro atoms. The molecule has 2 aliphatic rings. The van der Waals surface area contributed by atoms with Crippen LogP contribution in [0.1, 0.15) is 43.7 Å². The largest absolute Gasteiger partial charge is 0.493 e. The molecule has 2 aromatic carbocycles. The van der Waals surface area contributed by atoms with Crippen molar-refractivity contribution in [2.75, 3.05) is 6.61 Å². The topological polar surface area (TPSA) is 59.0 Å². The molecule has 2 fully saturated rings. The molecule has 1 N–H and O–H groups in total. The molecule has 4 rings (SSSR count). The number of carbonyl (C=O) groups excluding carboxylic acids is 1. The Labute approximate surface area is 170 Å². The normalized spacial score (nSPS) is 25.7. The highest BCUT2D eigenvalue weighted by atomic mass is 19.1. The first-order valence-electron chi connectivity index (χ1n) is 10.1. The summed E-state index contributed by atoms with van der Waals surface area (Å²) in [6.07, 6.45) is 1.92. The van der Waals surface area contributed by atoms with Crippen molar-refractivity contribution in [3.05, 3.63) is 65.5 Å². The van der Waals surface area contributed by atoms with Crippen LogP contribution in [0, 0.1) is 5.82 Å². The predicted molar refractivity (Wildman–Crippen MR) is 106 cm³/mol. The quantitative estimate of drug-likeness (QED) is 0.811. The third-order valence-corrected chi connectivity index (χ3v) is 5.93. The van der Waals surface area contributed by atoms with E-state index in [-0.39, 0.29) is 24.8 Å². The van der Waals surface area contributed by atoms with E-state index >= 15 is 0 Å². The number of hydrogen-bond acceptors (Lipinski definition) is 4. The molecule has 2 heterocycles. The zero-order valence-corrected chi connectivity index (χ0v) is 16.5. The SMILES string of the molecule is CCOc1ccc(F)cc1C1(O)CC2CCC(C1)N2C(=O)OCc1ccccc1. The van der Waals surface area contributed by atoms with E-state index in [1.54, 1.807) is 11.0 Å². The maximum absolute atomic E-state index is 13.9. The Bertz CT molecular complexity index is 858. The molecule has 2 bridgehead atoms. The molecular formula is C23H26FNO4. The minimum atomic E-state index is -1.23. The van der Waals surface area contributed by atoms with Gasteiger partial charge in [0.05, 0.1) is 12.2 Å². The number of piperidine rings is 1. The molecular weight excluding hydrogens is 373 g/mol. The van der Waals surface area contributed by atoms with Gasteiger partial charge in [-0.05, 0) is 43.5 Å². The maximum atomic E-state index is 13.9. The van der Waals surface area contributed by atoms with Gasteiger partial charge in [-0.25, -0.2) is 9.18 Å². The van der Waals surface area contributed by atoms with Gasteiger partial charge in [0.25, 0.3) is 0 Å². The maximum Gasteiger partial charge on any atom is 0.410 e. The highest BCUT2D eigenvalue weighted by Crippen LogP contribution is 2.48. The van der Waals surface area contributed by atoms with Gasteiger partial charge in [-0.2, -0.15) is 0 Å². The fourth-order valence-electron chi connectivity index (χ4n) is 4.68. The van der Waals surface area contributed by atoms with Crippen molar-refractivity contribution >= 4 is 6.09 Å². The van der Waals surface area contributed by atoms with E-state index in [1.165, 1.54) is 12.1 Å². The number of carbonyl (C=O) groups is 1. The van der Waals surface area contributed by atoms with E-state index in [9.17, 15) is 14.3 Å². The van der Waals surface area contributed by atoms with Gasteiger partial charge in [0.2, 0.25) is 0 Å². The Morgan fingerprint density at radius 2 is 1.86 bits per heavy atom. The minimum Gasteiger partial charge on any atom is -0.493 e. The van der Waals surface area contributed by atoms with Crippen LogP contribution in [-0.2, 0) is 16.9 Å². The summed E-state index contributed by atoms with van der Waals surface area (Å²) < 4.78 is 25.1. The summed E-state index contributed by atoms with van der Waals surface area (Å²) in [5.41, 5.74) is 0.172. The molecule has 2 unspecified atom stereocenters. The van der Waals surface area contributed by atoms with Crippen LogP contribution in [0.5, 0.6) is 5.75 Å². The highest BCUT2D eigenvalue weighted by molar-refractivity contribution is 5.69. The summed E-state index contributed by atoms with van der Waals surface area (Å²) in [6.45, 7) is 2.50. The Morgan fingerprint density at radius 3 is 2.52 bits per heavy atom. The highest BCUT2D eigenvalue weighted by Gasteiger charge is 2.51. The lowest BCUT2D eigenvalue weighted by atomic mass is 9.80. The monoisotopic (exact) mass is 399 g/mol. The van der Waals surface area contributed by atoms with Crippen LogP contribution in [-0.4, -0.2) is 34.8 Å². The van der Waals surface area contributed by atoms with Crippen molar-refractivity contribution < 1.29 is 23.8 Å². The number of aliphatic hydroxyl groups is 1. The van der Waals surface area contributed by atoms with Crippen LogP contribution in [0.15, 0.2) is 48.5 Å². The number of nitrogens with zero attached hydrogens (tertiary/aromatic N) is 1. The average Bonchev–Trinajstić information content (AvgIpc) is 3.00. The van der Waals surface area contributed by atoms with Crippen molar-refractivity contribution in [3.8, 4) is 5.75 Å². The summed E-state index contributed by atoms with van der Waals surface area (Å²) in [4.78, 5) is 14.5. The summed E-state index contributed by atoms with van der Waals surface area (Å²) in [5, 5.41) is 11.4. The lowest BCUT2D eigenvalue weighted by molar-refractivity contribution is -0.0551. The second kappa shape index (κ2) is 8.03. The van der Waals surface area contributed by atoms with Gasteiger partial charge in [0, 0.05) is 30.5 Å². The molecule has 0 aliphatic carbocycles. The van der Waals surface area contributed by atoms with Crippen molar-refractivity contribution in [1.29, 1.82) is 0 Å². The molecule has 0 radical (unpaired) electrons. The lowest BCUT2D eigenvalue weighted by Gasteiger charge is -2.43. The number of amides is 1. The molecule has 0 saturated carbocycles. The Balaban J connectivity index is 1.50. The van der Waals surface area contributed by atoms with Crippen LogP contribution < -0.4 is 4.74 Å². The van der Waals surface area contributed by atoms with E-state index in [0.717, 1.165) is 18.4 Å². The van der Waals surface area contributed by atoms with Gasteiger partial charge in [-0.15, -0.1) is 0 Å². The molecule has 2 atom stereocenters. The lowest BCUT2D eigenvalue weighted by Crippen LogP contribution is -2.52. The van der Waals surface area contributed by atoms with Gasteiger partial charge in [0.1, 0.15) is 18.2 Å². The van der Waals surface area contributed by atoms with E-state index in [2.05, 4.69) is 0 Å². The van der Waals surface area contributed by atoms with E-state index < -0.39 is 11.4 Å². The van der Waals surface area contributed by atoms with Gasteiger partial charge >= 0.3 is 6.09 Å². The third kappa shape index (κ3) is 3.94. The second-order valence-corrected chi connectivity index (χ2v) is 7.85.